The number of alkyl carbamates (subject to hydrolysis) is 1. The number of anilines is 1. The average Bonchev–Trinajstić information content (AvgIpc) is 3.43. The lowest BCUT2D eigenvalue weighted by Gasteiger charge is -2.33. The largest absolute Gasteiger partial charge is 0.454 e. The van der Waals surface area contributed by atoms with E-state index in [4.69, 9.17) is 13.9 Å². The normalized spacial score (nSPS) is 23.1. The van der Waals surface area contributed by atoms with Crippen molar-refractivity contribution in [3.63, 3.8) is 0 Å². The first-order chi connectivity index (χ1) is 23.1. The molecule has 48 heavy (non-hydrogen) atoms. The SMILES string of the molecule is COC1CCN(c2ccc3cc(-c4oc5cc(C(=O)N6CC7CCC6[C@@H]7NC(=O)OC(C)(C)C)ccc5c4C)n(CC4CC4)c3c2)CC1. The fraction of sp³-hybridized carbons (Fsp3) is 0.538. The summed E-state index contributed by atoms with van der Waals surface area (Å²) in [5, 5.41) is 5.31. The van der Waals surface area contributed by atoms with E-state index >= 15 is 0 Å². The van der Waals surface area contributed by atoms with Gasteiger partial charge in [-0.25, -0.2) is 4.79 Å². The van der Waals surface area contributed by atoms with Gasteiger partial charge in [-0.05, 0) is 108 Å². The van der Waals surface area contributed by atoms with Gasteiger partial charge in [0.25, 0.3) is 5.91 Å². The van der Waals surface area contributed by atoms with Crippen LogP contribution in [0.2, 0.25) is 0 Å². The molecular weight excluding hydrogens is 604 g/mol. The number of methoxy groups -OCH3 is 1. The monoisotopic (exact) mass is 652 g/mol. The van der Waals surface area contributed by atoms with Crippen molar-refractivity contribution >= 4 is 39.6 Å². The molecule has 9 nitrogen and oxygen atoms in total. The maximum Gasteiger partial charge on any atom is 0.407 e. The molecule has 254 valence electrons. The summed E-state index contributed by atoms with van der Waals surface area (Å²) in [5.41, 5.74) is 5.48. The number of benzene rings is 2. The minimum Gasteiger partial charge on any atom is -0.454 e. The Balaban J connectivity index is 1.07. The number of fused-ring (bicyclic) bond motifs is 4. The Kier molecular flexibility index (Phi) is 7.73. The van der Waals surface area contributed by atoms with E-state index in [1.165, 1.54) is 29.4 Å². The Labute approximate surface area is 282 Å². The van der Waals surface area contributed by atoms with Gasteiger partial charge in [0.2, 0.25) is 0 Å². The molecule has 1 N–H and O–H groups in total. The standard InChI is InChI=1S/C39H48N4O5/c1-23-30-12-9-26(37(44)43-22-27-10-13-31(43)35(27)40-38(45)48-39(2,3)4)19-34(30)47-36(23)33-18-25-8-11-28(41-16-14-29(46-5)15-17-41)20-32(25)42(33)21-24-6-7-24/h8-9,11-12,18-20,24,27,29,31,35H,6-7,10,13-17,21-22H2,1-5H3,(H,40,45)/t27?,31?,35-/m1/s1. The van der Waals surface area contributed by atoms with E-state index in [1.807, 2.05) is 51.0 Å². The number of nitrogens with one attached hydrogen (secondary N) is 1. The molecule has 2 saturated carbocycles. The Hall–Kier alpha value is -3.98. The Morgan fingerprint density at radius 3 is 2.50 bits per heavy atom. The molecule has 2 unspecified atom stereocenters. The van der Waals surface area contributed by atoms with Gasteiger partial charge in [-0.3, -0.25) is 4.79 Å². The summed E-state index contributed by atoms with van der Waals surface area (Å²) in [5.74, 6) is 1.79. The maximum absolute atomic E-state index is 13.9. The second-order valence-electron chi connectivity index (χ2n) is 15.6. The van der Waals surface area contributed by atoms with E-state index in [0.717, 1.165) is 73.3 Å². The van der Waals surface area contributed by atoms with Gasteiger partial charge in [-0.15, -0.1) is 0 Å². The van der Waals surface area contributed by atoms with Gasteiger partial charge in [0.15, 0.2) is 5.76 Å². The lowest BCUT2D eigenvalue weighted by Crippen LogP contribution is -2.46. The highest BCUT2D eigenvalue weighted by Gasteiger charge is 2.49. The van der Waals surface area contributed by atoms with Crippen LogP contribution >= 0.6 is 0 Å². The number of amides is 2. The molecule has 2 aromatic carbocycles. The van der Waals surface area contributed by atoms with E-state index < -0.39 is 11.7 Å². The second-order valence-corrected chi connectivity index (χ2v) is 15.6. The van der Waals surface area contributed by atoms with Crippen LogP contribution in [-0.2, 0) is 16.0 Å². The van der Waals surface area contributed by atoms with Gasteiger partial charge < -0.3 is 33.6 Å². The van der Waals surface area contributed by atoms with Crippen LogP contribution in [0.25, 0.3) is 33.3 Å². The first-order valence-corrected chi connectivity index (χ1v) is 17.8. The van der Waals surface area contributed by atoms with Gasteiger partial charge in [-0.2, -0.15) is 0 Å². The van der Waals surface area contributed by atoms with Crippen molar-refractivity contribution in [2.24, 2.45) is 11.8 Å². The van der Waals surface area contributed by atoms with Crippen LogP contribution in [0, 0.1) is 18.8 Å². The van der Waals surface area contributed by atoms with Gasteiger partial charge in [0, 0.05) is 60.9 Å². The number of aryl methyl sites for hydroxylation is 1. The minimum atomic E-state index is -0.566. The zero-order valence-corrected chi connectivity index (χ0v) is 28.9. The predicted molar refractivity (Wildman–Crippen MR) is 188 cm³/mol. The molecule has 2 aliphatic heterocycles. The molecule has 2 bridgehead atoms. The number of carbonyl (C=O) groups excluding carboxylic acids is 2. The molecule has 2 amide bonds. The van der Waals surface area contributed by atoms with Crippen molar-refractivity contribution in [3.05, 3.63) is 53.6 Å². The minimum absolute atomic E-state index is 0.0133. The first kappa shape index (κ1) is 31.3. The van der Waals surface area contributed by atoms with Crippen LogP contribution in [-0.4, -0.2) is 72.0 Å². The number of aromatic nitrogens is 1. The summed E-state index contributed by atoms with van der Waals surface area (Å²) in [7, 11) is 1.82. The number of nitrogens with zero attached hydrogens (tertiary/aromatic N) is 3. The molecule has 2 saturated heterocycles. The summed E-state index contributed by atoms with van der Waals surface area (Å²) in [6, 6.07) is 14.9. The molecular formula is C39H48N4O5. The number of hydrogen-bond donors (Lipinski definition) is 1. The molecule has 2 aliphatic carbocycles. The second kappa shape index (κ2) is 11.9. The summed E-state index contributed by atoms with van der Waals surface area (Å²) in [4.78, 5) is 30.9. The van der Waals surface area contributed by atoms with Crippen molar-refractivity contribution < 1.29 is 23.5 Å². The van der Waals surface area contributed by atoms with Crippen LogP contribution in [0.4, 0.5) is 10.5 Å². The summed E-state index contributed by atoms with van der Waals surface area (Å²) < 4.78 is 20.3. The number of piperidine rings is 2. The van der Waals surface area contributed by atoms with E-state index in [2.05, 4.69) is 46.0 Å². The third-order valence-corrected chi connectivity index (χ3v) is 11.1. The van der Waals surface area contributed by atoms with Crippen LogP contribution in [0.15, 0.2) is 46.9 Å². The fourth-order valence-corrected chi connectivity index (χ4v) is 8.39. The molecule has 4 heterocycles. The average molecular weight is 653 g/mol. The number of hydrogen-bond acceptors (Lipinski definition) is 6. The summed E-state index contributed by atoms with van der Waals surface area (Å²) in [6.07, 6.45) is 6.44. The number of likely N-dealkylation sites (tertiary alicyclic amines) is 1. The number of rotatable bonds is 7. The molecule has 0 spiro atoms. The lowest BCUT2D eigenvalue weighted by atomic mass is 10.1. The zero-order valence-electron chi connectivity index (χ0n) is 28.9. The molecule has 4 aromatic rings. The first-order valence-electron chi connectivity index (χ1n) is 17.8. The van der Waals surface area contributed by atoms with E-state index in [0.29, 0.717) is 24.1 Å². The van der Waals surface area contributed by atoms with Crippen molar-refractivity contribution in [2.75, 3.05) is 31.6 Å². The highest BCUT2D eigenvalue weighted by Crippen LogP contribution is 2.42. The van der Waals surface area contributed by atoms with Crippen molar-refractivity contribution in [2.45, 2.75) is 96.6 Å². The van der Waals surface area contributed by atoms with Crippen LogP contribution in [0.5, 0.6) is 0 Å². The molecule has 4 aliphatic rings. The van der Waals surface area contributed by atoms with Gasteiger partial charge in [0.1, 0.15) is 11.2 Å². The van der Waals surface area contributed by atoms with Gasteiger partial charge >= 0.3 is 6.09 Å². The highest BCUT2D eigenvalue weighted by atomic mass is 16.6. The van der Waals surface area contributed by atoms with E-state index in [-0.39, 0.29) is 23.9 Å². The Morgan fingerprint density at radius 1 is 0.979 bits per heavy atom. The Morgan fingerprint density at radius 2 is 1.77 bits per heavy atom. The van der Waals surface area contributed by atoms with Crippen LogP contribution < -0.4 is 10.2 Å². The predicted octanol–water partition coefficient (Wildman–Crippen LogP) is 7.52. The molecule has 8 rings (SSSR count). The van der Waals surface area contributed by atoms with Gasteiger partial charge in [0.05, 0.1) is 29.4 Å². The third kappa shape index (κ3) is 5.74. The topological polar surface area (TPSA) is 89.2 Å². The quantitative estimate of drug-likeness (QED) is 0.222. The maximum atomic E-state index is 13.9. The zero-order chi connectivity index (χ0) is 33.3. The fourth-order valence-electron chi connectivity index (χ4n) is 8.39. The number of ether oxygens (including phenoxy) is 2. The molecule has 0 radical (unpaired) electrons. The lowest BCUT2D eigenvalue weighted by molar-refractivity contribution is 0.0485. The van der Waals surface area contributed by atoms with Crippen LogP contribution in [0.1, 0.15) is 75.2 Å². The summed E-state index contributed by atoms with van der Waals surface area (Å²) in [6.45, 7) is 11.3. The van der Waals surface area contributed by atoms with Crippen molar-refractivity contribution in [3.8, 4) is 11.5 Å². The third-order valence-electron chi connectivity index (χ3n) is 11.1. The van der Waals surface area contributed by atoms with Gasteiger partial charge in [-0.1, -0.05) is 12.1 Å². The Bertz CT molecular complexity index is 1870. The smallest absolute Gasteiger partial charge is 0.407 e. The van der Waals surface area contributed by atoms with Crippen molar-refractivity contribution in [1.82, 2.24) is 14.8 Å². The van der Waals surface area contributed by atoms with E-state index in [1.54, 1.807) is 0 Å². The van der Waals surface area contributed by atoms with E-state index in [9.17, 15) is 9.59 Å². The number of furan rings is 1. The molecule has 4 fully saturated rings. The number of carbonyl (C=O) groups is 2. The van der Waals surface area contributed by atoms with Crippen molar-refractivity contribution in [1.29, 1.82) is 0 Å². The molecule has 9 heteroatoms. The highest BCUT2D eigenvalue weighted by molar-refractivity contribution is 6.00. The molecule has 3 atom stereocenters. The summed E-state index contributed by atoms with van der Waals surface area (Å²) >= 11 is 0. The van der Waals surface area contributed by atoms with Crippen LogP contribution in [0.3, 0.4) is 0 Å². The molecule has 2 aromatic heterocycles.